The Bertz CT molecular complexity index is 496. The molecular weight excluding hydrogens is 264 g/mol. The van der Waals surface area contributed by atoms with Crippen LogP contribution >= 0.6 is 0 Å². The van der Waals surface area contributed by atoms with Crippen LogP contribution in [0, 0.1) is 19.3 Å². The van der Waals surface area contributed by atoms with Crippen molar-refractivity contribution in [1.82, 2.24) is 4.98 Å². The van der Waals surface area contributed by atoms with Crippen molar-refractivity contribution >= 4 is 11.8 Å². The lowest BCUT2D eigenvalue weighted by Gasteiger charge is -2.26. The van der Waals surface area contributed by atoms with Crippen LogP contribution in [0.5, 0.6) is 0 Å². The molecule has 1 aromatic rings. The molecule has 118 valence electrons. The number of carbonyl (C=O) groups is 1. The average Bonchev–Trinajstić information content (AvgIpc) is 2.35. The highest BCUT2D eigenvalue weighted by atomic mass is 16.4. The quantitative estimate of drug-likeness (QED) is 0.696. The van der Waals surface area contributed by atoms with Crippen molar-refractivity contribution in [3.8, 4) is 0 Å². The molecule has 0 aliphatic heterocycles. The summed E-state index contributed by atoms with van der Waals surface area (Å²) in [6, 6.07) is 1.81. The first-order valence-electron chi connectivity index (χ1n) is 7.72. The topological polar surface area (TPSA) is 62.2 Å². The van der Waals surface area contributed by atoms with Crippen molar-refractivity contribution in [3.05, 3.63) is 22.9 Å². The molecule has 1 rings (SSSR count). The van der Waals surface area contributed by atoms with Crippen LogP contribution in [0.3, 0.4) is 0 Å². The molecule has 0 saturated heterocycles. The van der Waals surface area contributed by atoms with Gasteiger partial charge in [0.25, 0.3) is 0 Å². The van der Waals surface area contributed by atoms with Crippen molar-refractivity contribution in [3.63, 3.8) is 0 Å². The van der Waals surface area contributed by atoms with E-state index in [1.807, 2.05) is 13.8 Å². The number of nitrogens with zero attached hydrogens (tertiary/aromatic N) is 1. The molecule has 21 heavy (non-hydrogen) atoms. The summed E-state index contributed by atoms with van der Waals surface area (Å²) in [5.74, 6) is -0.435. The fraction of sp³-hybridized carbons (Fsp3) is 0.647. The molecule has 0 aliphatic carbocycles. The van der Waals surface area contributed by atoms with Gasteiger partial charge in [0, 0.05) is 12.2 Å². The van der Waals surface area contributed by atoms with Crippen molar-refractivity contribution in [1.29, 1.82) is 0 Å². The van der Waals surface area contributed by atoms with Crippen LogP contribution in [0.25, 0.3) is 0 Å². The van der Waals surface area contributed by atoms with Gasteiger partial charge < -0.3 is 10.4 Å². The Morgan fingerprint density at radius 2 is 2.00 bits per heavy atom. The van der Waals surface area contributed by atoms with E-state index >= 15 is 0 Å². The van der Waals surface area contributed by atoms with Gasteiger partial charge in [0.1, 0.15) is 11.4 Å². The van der Waals surface area contributed by atoms with Crippen LogP contribution < -0.4 is 5.32 Å². The number of pyridine rings is 1. The van der Waals surface area contributed by atoms with Gasteiger partial charge in [0.05, 0.1) is 0 Å². The van der Waals surface area contributed by atoms with E-state index in [9.17, 15) is 9.90 Å². The van der Waals surface area contributed by atoms with Crippen molar-refractivity contribution in [2.24, 2.45) is 5.41 Å². The zero-order valence-electron chi connectivity index (χ0n) is 13.9. The first-order valence-corrected chi connectivity index (χ1v) is 7.72. The monoisotopic (exact) mass is 292 g/mol. The third kappa shape index (κ3) is 5.37. The maximum Gasteiger partial charge on any atom is 0.339 e. The van der Waals surface area contributed by atoms with E-state index in [0.717, 1.165) is 24.2 Å². The first-order chi connectivity index (χ1) is 9.76. The number of carboxylic acids is 1. The molecule has 4 heteroatoms. The lowest BCUT2D eigenvalue weighted by molar-refractivity contribution is 0.0696. The highest BCUT2D eigenvalue weighted by molar-refractivity contribution is 5.94. The standard InChI is InChI=1S/C17H28N2O2/c1-6-7-8-9-17(4,5)11-18-15-14(16(20)21)12(2)10-13(3)19-15/h10H,6-9,11H2,1-5H3,(H,18,19)(H,20,21). The Balaban J connectivity index is 2.81. The van der Waals surface area contributed by atoms with Gasteiger partial charge in [-0.3, -0.25) is 0 Å². The number of unbranched alkanes of at least 4 members (excludes halogenated alkanes) is 2. The summed E-state index contributed by atoms with van der Waals surface area (Å²) in [5, 5.41) is 12.6. The van der Waals surface area contributed by atoms with Gasteiger partial charge >= 0.3 is 5.97 Å². The highest BCUT2D eigenvalue weighted by Gasteiger charge is 2.20. The van der Waals surface area contributed by atoms with Crippen LogP contribution in [-0.4, -0.2) is 22.6 Å². The van der Waals surface area contributed by atoms with Crippen LogP contribution in [0.4, 0.5) is 5.82 Å². The summed E-state index contributed by atoms with van der Waals surface area (Å²) in [6.45, 7) is 11.0. The summed E-state index contributed by atoms with van der Waals surface area (Å²) in [7, 11) is 0. The summed E-state index contributed by atoms with van der Waals surface area (Å²) < 4.78 is 0. The Kier molecular flexibility index (Phi) is 6.19. The zero-order chi connectivity index (χ0) is 16.0. The number of hydrogen-bond donors (Lipinski definition) is 2. The summed E-state index contributed by atoms with van der Waals surface area (Å²) in [6.07, 6.45) is 4.79. The summed E-state index contributed by atoms with van der Waals surface area (Å²) in [5.41, 5.74) is 2.00. The largest absolute Gasteiger partial charge is 0.478 e. The number of aryl methyl sites for hydroxylation is 2. The van der Waals surface area contributed by atoms with E-state index in [1.165, 1.54) is 19.3 Å². The Morgan fingerprint density at radius 3 is 2.57 bits per heavy atom. The predicted octanol–water partition coefficient (Wildman–Crippen LogP) is 4.42. The van der Waals surface area contributed by atoms with E-state index in [-0.39, 0.29) is 11.0 Å². The number of aromatic carboxylic acids is 1. The summed E-state index contributed by atoms with van der Waals surface area (Å²) >= 11 is 0. The average molecular weight is 292 g/mol. The smallest absolute Gasteiger partial charge is 0.339 e. The molecule has 0 atom stereocenters. The van der Waals surface area contributed by atoms with Gasteiger partial charge in [-0.15, -0.1) is 0 Å². The van der Waals surface area contributed by atoms with Gasteiger partial charge in [0.2, 0.25) is 0 Å². The fourth-order valence-electron chi connectivity index (χ4n) is 2.50. The van der Waals surface area contributed by atoms with E-state index < -0.39 is 5.97 Å². The van der Waals surface area contributed by atoms with Crippen molar-refractivity contribution in [2.75, 3.05) is 11.9 Å². The third-order valence-corrected chi connectivity index (χ3v) is 3.75. The van der Waals surface area contributed by atoms with Crippen molar-refractivity contribution in [2.45, 2.75) is 60.3 Å². The molecule has 0 amide bonds. The number of anilines is 1. The molecule has 0 unspecified atom stereocenters. The molecule has 0 spiro atoms. The molecule has 0 bridgehead atoms. The molecule has 1 heterocycles. The molecule has 1 aromatic heterocycles. The SMILES string of the molecule is CCCCCC(C)(C)CNc1nc(C)cc(C)c1C(=O)O. The Morgan fingerprint density at radius 1 is 1.33 bits per heavy atom. The van der Waals surface area contributed by atoms with Crippen molar-refractivity contribution < 1.29 is 9.90 Å². The molecule has 0 fully saturated rings. The van der Waals surface area contributed by atoms with Gasteiger partial charge in [-0.25, -0.2) is 9.78 Å². The van der Waals surface area contributed by atoms with E-state index in [2.05, 4.69) is 31.1 Å². The summed E-state index contributed by atoms with van der Waals surface area (Å²) in [4.78, 5) is 15.8. The van der Waals surface area contributed by atoms with Crippen LogP contribution in [0.2, 0.25) is 0 Å². The number of rotatable bonds is 8. The molecule has 0 aliphatic rings. The lowest BCUT2D eigenvalue weighted by atomic mass is 9.87. The van der Waals surface area contributed by atoms with Crippen LogP contribution in [-0.2, 0) is 0 Å². The molecule has 2 N–H and O–H groups in total. The van der Waals surface area contributed by atoms with Gasteiger partial charge in [-0.05, 0) is 37.3 Å². The Labute approximate surface area is 128 Å². The van der Waals surface area contributed by atoms with E-state index in [0.29, 0.717) is 5.82 Å². The van der Waals surface area contributed by atoms with Crippen LogP contribution in [0.15, 0.2) is 6.07 Å². The van der Waals surface area contributed by atoms with Gasteiger partial charge in [0.15, 0.2) is 0 Å². The molecule has 4 nitrogen and oxygen atoms in total. The van der Waals surface area contributed by atoms with Gasteiger partial charge in [-0.2, -0.15) is 0 Å². The fourth-order valence-corrected chi connectivity index (χ4v) is 2.50. The molecular formula is C17H28N2O2. The molecule has 0 saturated carbocycles. The minimum Gasteiger partial charge on any atom is -0.478 e. The van der Waals surface area contributed by atoms with Crippen LogP contribution in [0.1, 0.15) is 68.1 Å². The first kappa shape index (κ1) is 17.5. The second-order valence-electron chi connectivity index (χ2n) is 6.58. The predicted molar refractivity (Wildman–Crippen MR) is 87.1 cm³/mol. The van der Waals surface area contributed by atoms with E-state index in [4.69, 9.17) is 0 Å². The third-order valence-electron chi connectivity index (χ3n) is 3.75. The van der Waals surface area contributed by atoms with E-state index in [1.54, 1.807) is 6.07 Å². The number of nitrogens with one attached hydrogen (secondary N) is 1. The van der Waals surface area contributed by atoms with Gasteiger partial charge in [-0.1, -0.05) is 40.0 Å². The maximum absolute atomic E-state index is 11.4. The number of carboxylic acid groups (broad SMARTS) is 1. The molecule has 0 aromatic carbocycles. The second kappa shape index (κ2) is 7.43. The lowest BCUT2D eigenvalue weighted by Crippen LogP contribution is -2.25. The Hall–Kier alpha value is -1.58. The minimum absolute atomic E-state index is 0.129. The highest BCUT2D eigenvalue weighted by Crippen LogP contribution is 2.26. The molecule has 0 radical (unpaired) electrons. The second-order valence-corrected chi connectivity index (χ2v) is 6.58. The minimum atomic E-state index is -0.925. The number of hydrogen-bond acceptors (Lipinski definition) is 3. The zero-order valence-corrected chi connectivity index (χ0v) is 13.9. The normalized spacial score (nSPS) is 11.5. The number of aromatic nitrogens is 1. The maximum atomic E-state index is 11.4.